The van der Waals surface area contributed by atoms with Crippen LogP contribution in [0.5, 0.6) is 0 Å². The van der Waals surface area contributed by atoms with Gasteiger partial charge in [0.05, 0.1) is 12.1 Å². The van der Waals surface area contributed by atoms with E-state index >= 15 is 0 Å². The zero-order valence-corrected chi connectivity index (χ0v) is 10.2. The van der Waals surface area contributed by atoms with Crippen LogP contribution in [0.25, 0.3) is 0 Å². The van der Waals surface area contributed by atoms with Crippen molar-refractivity contribution in [2.24, 2.45) is 7.05 Å². The third-order valence-corrected chi connectivity index (χ3v) is 2.58. The first-order valence-electron chi connectivity index (χ1n) is 5.52. The maximum Gasteiger partial charge on any atom is 0.335 e. The molecular formula is C12H12N4O3. The van der Waals surface area contributed by atoms with E-state index in [9.17, 15) is 9.59 Å². The Bertz CT molecular complexity index is 621. The number of carbonyl (C=O) groups excluding carboxylic acids is 1. The van der Waals surface area contributed by atoms with E-state index in [1.807, 2.05) is 0 Å². The minimum atomic E-state index is -1.07. The predicted molar refractivity (Wildman–Crippen MR) is 65.6 cm³/mol. The van der Waals surface area contributed by atoms with E-state index in [4.69, 9.17) is 5.11 Å². The highest BCUT2D eigenvalue weighted by Crippen LogP contribution is 2.05. The summed E-state index contributed by atoms with van der Waals surface area (Å²) >= 11 is 0. The van der Waals surface area contributed by atoms with Gasteiger partial charge in [-0.25, -0.2) is 4.79 Å². The minimum Gasteiger partial charge on any atom is -0.478 e. The Morgan fingerprint density at radius 3 is 2.74 bits per heavy atom. The molecule has 0 saturated carbocycles. The van der Waals surface area contributed by atoms with Crippen molar-refractivity contribution in [3.63, 3.8) is 0 Å². The number of carbonyl (C=O) groups is 2. The van der Waals surface area contributed by atoms with Crippen LogP contribution in [0.1, 0.15) is 26.5 Å². The molecule has 7 nitrogen and oxygen atoms in total. The van der Waals surface area contributed by atoms with E-state index in [0.717, 1.165) is 0 Å². The molecule has 0 atom stereocenters. The highest BCUT2D eigenvalue weighted by atomic mass is 16.4. The third kappa shape index (κ3) is 2.95. The number of hydrogen-bond donors (Lipinski definition) is 2. The number of aromatic nitrogens is 3. The van der Waals surface area contributed by atoms with Crippen molar-refractivity contribution in [3.8, 4) is 0 Å². The summed E-state index contributed by atoms with van der Waals surface area (Å²) < 4.78 is 1.69. The van der Waals surface area contributed by atoms with Crippen LogP contribution < -0.4 is 5.32 Å². The zero-order chi connectivity index (χ0) is 13.8. The third-order valence-electron chi connectivity index (χ3n) is 2.58. The van der Waals surface area contributed by atoms with E-state index in [-0.39, 0.29) is 18.0 Å². The molecule has 0 radical (unpaired) electrons. The van der Waals surface area contributed by atoms with E-state index in [2.05, 4.69) is 15.5 Å². The van der Waals surface area contributed by atoms with Crippen LogP contribution in [0.3, 0.4) is 0 Å². The molecule has 1 amide bonds. The van der Waals surface area contributed by atoms with Crippen LogP contribution in [-0.2, 0) is 13.6 Å². The number of nitrogens with one attached hydrogen (secondary N) is 1. The van der Waals surface area contributed by atoms with Gasteiger partial charge < -0.3 is 15.0 Å². The van der Waals surface area contributed by atoms with Gasteiger partial charge in [-0.1, -0.05) is 6.07 Å². The summed E-state index contributed by atoms with van der Waals surface area (Å²) in [4.78, 5) is 22.7. The smallest absolute Gasteiger partial charge is 0.335 e. The van der Waals surface area contributed by atoms with Crippen LogP contribution in [-0.4, -0.2) is 31.7 Å². The second-order valence-electron chi connectivity index (χ2n) is 3.93. The lowest BCUT2D eigenvalue weighted by molar-refractivity contribution is 0.0697. The number of benzene rings is 1. The largest absolute Gasteiger partial charge is 0.478 e. The molecule has 0 spiro atoms. The number of carboxylic acid groups (broad SMARTS) is 1. The Kier molecular flexibility index (Phi) is 3.56. The van der Waals surface area contributed by atoms with Gasteiger partial charge in [0.25, 0.3) is 5.91 Å². The normalized spacial score (nSPS) is 10.2. The first kappa shape index (κ1) is 12.7. The number of rotatable bonds is 4. The SMILES string of the molecule is Cn1cnnc1CNC(=O)c1cccc(C(=O)O)c1. The van der Waals surface area contributed by atoms with Crippen molar-refractivity contribution < 1.29 is 14.7 Å². The molecule has 1 heterocycles. The Hall–Kier alpha value is -2.70. The first-order valence-corrected chi connectivity index (χ1v) is 5.52. The fourth-order valence-corrected chi connectivity index (χ4v) is 1.52. The van der Waals surface area contributed by atoms with Crippen molar-refractivity contribution in [2.75, 3.05) is 0 Å². The Labute approximate surface area is 108 Å². The van der Waals surface area contributed by atoms with E-state index in [0.29, 0.717) is 11.4 Å². The van der Waals surface area contributed by atoms with Gasteiger partial charge in [0.2, 0.25) is 0 Å². The van der Waals surface area contributed by atoms with Crippen LogP contribution in [0.15, 0.2) is 30.6 Å². The van der Waals surface area contributed by atoms with Gasteiger partial charge in [-0.2, -0.15) is 0 Å². The van der Waals surface area contributed by atoms with Crippen molar-refractivity contribution >= 4 is 11.9 Å². The number of carboxylic acids is 1. The second-order valence-corrected chi connectivity index (χ2v) is 3.93. The predicted octanol–water partition coefficient (Wildman–Crippen LogP) is 0.443. The summed E-state index contributed by atoms with van der Waals surface area (Å²) in [6, 6.07) is 5.84. The van der Waals surface area contributed by atoms with Crippen LogP contribution in [0, 0.1) is 0 Å². The number of aromatic carboxylic acids is 1. The monoisotopic (exact) mass is 260 g/mol. The Balaban J connectivity index is 2.06. The highest BCUT2D eigenvalue weighted by Gasteiger charge is 2.10. The summed E-state index contributed by atoms with van der Waals surface area (Å²) in [6.45, 7) is 0.229. The fourth-order valence-electron chi connectivity index (χ4n) is 1.52. The molecule has 0 unspecified atom stereocenters. The molecule has 1 aromatic carbocycles. The summed E-state index contributed by atoms with van der Waals surface area (Å²) in [5.74, 6) is -0.809. The average Bonchev–Trinajstić information content (AvgIpc) is 2.81. The van der Waals surface area contributed by atoms with Crippen LogP contribution in [0.2, 0.25) is 0 Å². The lowest BCUT2D eigenvalue weighted by atomic mass is 10.1. The minimum absolute atomic E-state index is 0.0753. The first-order chi connectivity index (χ1) is 9.08. The molecule has 0 fully saturated rings. The van der Waals surface area contributed by atoms with Gasteiger partial charge in [0, 0.05) is 12.6 Å². The molecule has 1 aromatic heterocycles. The summed E-state index contributed by atoms with van der Waals surface area (Å²) in [5.41, 5.74) is 0.369. The number of aryl methyl sites for hydroxylation is 1. The molecule has 7 heteroatoms. The summed E-state index contributed by atoms with van der Waals surface area (Å²) in [5, 5.41) is 19.0. The van der Waals surface area contributed by atoms with Crippen molar-refractivity contribution in [2.45, 2.75) is 6.54 Å². The number of nitrogens with zero attached hydrogens (tertiary/aromatic N) is 3. The molecule has 2 aromatic rings. The van der Waals surface area contributed by atoms with Crippen LogP contribution in [0.4, 0.5) is 0 Å². The maximum atomic E-state index is 11.9. The van der Waals surface area contributed by atoms with Gasteiger partial charge in [-0.05, 0) is 18.2 Å². The topological polar surface area (TPSA) is 97.1 Å². The average molecular weight is 260 g/mol. The molecule has 2 N–H and O–H groups in total. The molecular weight excluding hydrogens is 248 g/mol. The number of amides is 1. The molecule has 98 valence electrons. The van der Waals surface area contributed by atoms with E-state index in [1.165, 1.54) is 24.5 Å². The molecule has 2 rings (SSSR count). The Morgan fingerprint density at radius 2 is 2.11 bits per heavy atom. The number of hydrogen-bond acceptors (Lipinski definition) is 4. The fraction of sp³-hybridized carbons (Fsp3) is 0.167. The van der Waals surface area contributed by atoms with E-state index < -0.39 is 5.97 Å². The standard InChI is InChI=1S/C12H12N4O3/c1-16-7-14-15-10(16)6-13-11(17)8-3-2-4-9(5-8)12(18)19/h2-5,7H,6H2,1H3,(H,13,17)(H,18,19). The van der Waals surface area contributed by atoms with Gasteiger partial charge in [0.1, 0.15) is 6.33 Å². The lowest BCUT2D eigenvalue weighted by Gasteiger charge is -2.05. The molecule has 0 aliphatic rings. The molecule has 0 aliphatic heterocycles. The Morgan fingerprint density at radius 1 is 1.37 bits per heavy atom. The maximum absolute atomic E-state index is 11.9. The van der Waals surface area contributed by atoms with E-state index in [1.54, 1.807) is 17.7 Å². The van der Waals surface area contributed by atoms with Crippen molar-refractivity contribution in [3.05, 3.63) is 47.5 Å². The van der Waals surface area contributed by atoms with Crippen molar-refractivity contribution in [1.82, 2.24) is 20.1 Å². The van der Waals surface area contributed by atoms with Crippen molar-refractivity contribution in [1.29, 1.82) is 0 Å². The highest BCUT2D eigenvalue weighted by molar-refractivity contribution is 5.97. The second kappa shape index (κ2) is 5.30. The van der Waals surface area contributed by atoms with Crippen LogP contribution >= 0.6 is 0 Å². The van der Waals surface area contributed by atoms with Gasteiger partial charge in [0.15, 0.2) is 5.82 Å². The van der Waals surface area contributed by atoms with Gasteiger partial charge in [-0.3, -0.25) is 4.79 Å². The molecule has 19 heavy (non-hydrogen) atoms. The molecule has 0 saturated heterocycles. The quantitative estimate of drug-likeness (QED) is 0.831. The molecule has 0 aliphatic carbocycles. The van der Waals surface area contributed by atoms with Gasteiger partial charge >= 0.3 is 5.97 Å². The zero-order valence-electron chi connectivity index (χ0n) is 10.2. The lowest BCUT2D eigenvalue weighted by Crippen LogP contribution is -2.24. The van der Waals surface area contributed by atoms with Gasteiger partial charge in [-0.15, -0.1) is 10.2 Å². The summed E-state index contributed by atoms with van der Waals surface area (Å²) in [7, 11) is 1.77. The molecule has 0 bridgehead atoms. The summed E-state index contributed by atoms with van der Waals surface area (Å²) in [6.07, 6.45) is 1.53.